The van der Waals surface area contributed by atoms with Crippen molar-refractivity contribution in [3.8, 4) is 0 Å². The Labute approximate surface area is 181 Å². The highest BCUT2D eigenvalue weighted by atomic mass is 32.2. The summed E-state index contributed by atoms with van der Waals surface area (Å²) >= 11 is 0. The van der Waals surface area contributed by atoms with Crippen LogP contribution in [-0.4, -0.2) is 65.7 Å². The van der Waals surface area contributed by atoms with Crippen LogP contribution < -0.4 is 10.9 Å². The van der Waals surface area contributed by atoms with Gasteiger partial charge in [-0.2, -0.15) is 0 Å². The van der Waals surface area contributed by atoms with E-state index >= 15 is 0 Å². The molecule has 3 heterocycles. The molecular formula is C20H27N5O5S. The van der Waals surface area contributed by atoms with E-state index in [0.29, 0.717) is 25.3 Å². The lowest BCUT2D eigenvalue weighted by Crippen LogP contribution is -2.32. The highest BCUT2D eigenvalue weighted by Crippen LogP contribution is 2.32. The highest BCUT2D eigenvalue weighted by molar-refractivity contribution is 7.88. The van der Waals surface area contributed by atoms with Gasteiger partial charge in [0.2, 0.25) is 10.0 Å². The monoisotopic (exact) mass is 449 g/mol. The second-order valence-electron chi connectivity index (χ2n) is 7.53. The Morgan fingerprint density at radius 2 is 2.06 bits per heavy atom. The van der Waals surface area contributed by atoms with Gasteiger partial charge in [-0.05, 0) is 31.9 Å². The van der Waals surface area contributed by atoms with Crippen molar-refractivity contribution >= 4 is 21.8 Å². The van der Waals surface area contributed by atoms with Gasteiger partial charge in [-0.3, -0.25) is 19.1 Å². The number of ether oxygens (including phenoxy) is 1. The zero-order valence-corrected chi connectivity index (χ0v) is 18.6. The normalized spacial score (nSPS) is 19.3. The van der Waals surface area contributed by atoms with Gasteiger partial charge in [0.15, 0.2) is 5.82 Å². The molecule has 1 fully saturated rings. The summed E-state index contributed by atoms with van der Waals surface area (Å²) in [6.07, 6.45) is 4.38. The number of carbonyl (C=O) groups excluding carboxylic acids is 1. The summed E-state index contributed by atoms with van der Waals surface area (Å²) < 4.78 is 31.9. The average molecular weight is 450 g/mol. The van der Waals surface area contributed by atoms with Gasteiger partial charge < -0.3 is 10.1 Å². The minimum Gasteiger partial charge on any atom is -0.465 e. The molecule has 2 atom stereocenters. The third-order valence-corrected chi connectivity index (χ3v) is 6.56. The number of sulfonamides is 1. The molecule has 1 aliphatic heterocycles. The lowest BCUT2D eigenvalue weighted by atomic mass is 9.92. The Morgan fingerprint density at radius 3 is 2.71 bits per heavy atom. The van der Waals surface area contributed by atoms with Gasteiger partial charge in [0, 0.05) is 49.3 Å². The van der Waals surface area contributed by atoms with Crippen molar-refractivity contribution in [3.63, 3.8) is 0 Å². The van der Waals surface area contributed by atoms with Crippen LogP contribution in [0.15, 0.2) is 35.4 Å². The van der Waals surface area contributed by atoms with E-state index < -0.39 is 21.6 Å². The zero-order valence-electron chi connectivity index (χ0n) is 17.8. The molecule has 0 radical (unpaired) electrons. The number of nitrogens with zero attached hydrogens (tertiary/aromatic N) is 4. The van der Waals surface area contributed by atoms with Crippen molar-refractivity contribution in [2.45, 2.75) is 26.3 Å². The van der Waals surface area contributed by atoms with Crippen molar-refractivity contribution < 1.29 is 17.9 Å². The van der Waals surface area contributed by atoms with E-state index in [2.05, 4.69) is 15.3 Å². The predicted molar refractivity (Wildman–Crippen MR) is 115 cm³/mol. The van der Waals surface area contributed by atoms with E-state index in [4.69, 9.17) is 4.74 Å². The second-order valence-corrected chi connectivity index (χ2v) is 9.51. The summed E-state index contributed by atoms with van der Waals surface area (Å²) in [6, 6.07) is 5.55. The van der Waals surface area contributed by atoms with E-state index in [0.717, 1.165) is 5.69 Å². The number of carbonyl (C=O) groups is 1. The van der Waals surface area contributed by atoms with Crippen molar-refractivity contribution in [3.05, 3.63) is 52.3 Å². The van der Waals surface area contributed by atoms with E-state index in [1.165, 1.54) is 21.3 Å². The van der Waals surface area contributed by atoms with Crippen LogP contribution in [-0.2, 0) is 26.1 Å². The summed E-state index contributed by atoms with van der Waals surface area (Å²) in [7, 11) is -3.35. The predicted octanol–water partition coefficient (Wildman–Crippen LogP) is 0.597. The summed E-state index contributed by atoms with van der Waals surface area (Å²) in [4.78, 5) is 33.2. The van der Waals surface area contributed by atoms with Crippen molar-refractivity contribution in [2.24, 2.45) is 5.92 Å². The smallest absolute Gasteiger partial charge is 0.326 e. The zero-order chi connectivity index (χ0) is 22.6. The maximum atomic E-state index is 12.8. The van der Waals surface area contributed by atoms with Crippen LogP contribution in [0.4, 0.5) is 5.82 Å². The van der Waals surface area contributed by atoms with Gasteiger partial charge in [0.1, 0.15) is 6.54 Å². The molecule has 168 valence electrons. The molecule has 10 nitrogen and oxygen atoms in total. The lowest BCUT2D eigenvalue weighted by molar-refractivity contribution is -0.143. The van der Waals surface area contributed by atoms with E-state index in [9.17, 15) is 18.0 Å². The molecular weight excluding hydrogens is 422 g/mol. The first-order valence-corrected chi connectivity index (χ1v) is 11.9. The Kier molecular flexibility index (Phi) is 7.06. The maximum absolute atomic E-state index is 12.8. The molecule has 3 rings (SSSR count). The van der Waals surface area contributed by atoms with Crippen LogP contribution in [0.25, 0.3) is 0 Å². The molecule has 1 saturated heterocycles. The molecule has 0 spiro atoms. The van der Waals surface area contributed by atoms with Crippen LogP contribution in [0.3, 0.4) is 0 Å². The van der Waals surface area contributed by atoms with Crippen LogP contribution in [0.5, 0.6) is 0 Å². The SMILES string of the molecule is CCOC(=O)Cn1c(C)cnc(NC[C@@H]2CN(S(C)(=O)=O)C[C@H]2c2ccccn2)c1=O. The number of hydrogen-bond donors (Lipinski definition) is 1. The van der Waals surface area contributed by atoms with Gasteiger partial charge >= 0.3 is 5.97 Å². The fourth-order valence-corrected chi connectivity index (χ4v) is 4.59. The quantitative estimate of drug-likeness (QED) is 0.581. The topological polar surface area (TPSA) is 123 Å². The summed E-state index contributed by atoms with van der Waals surface area (Å²) in [5, 5.41) is 3.05. The summed E-state index contributed by atoms with van der Waals surface area (Å²) in [5.41, 5.74) is 0.913. The standard InChI is InChI=1S/C20H27N5O5S/c1-4-30-18(26)13-25-14(2)9-22-19(20(25)27)23-10-15-11-24(31(3,28)29)12-16(15)17-7-5-6-8-21-17/h5-9,15-16H,4,10-13H2,1-3H3,(H,22,23)/t15-,16-/m1/s1. The number of hydrogen-bond acceptors (Lipinski definition) is 8. The Balaban J connectivity index is 1.80. The van der Waals surface area contributed by atoms with Crippen molar-refractivity contribution in [1.29, 1.82) is 0 Å². The Hall–Kier alpha value is -2.79. The molecule has 0 unspecified atom stereocenters. The fourth-order valence-electron chi connectivity index (χ4n) is 3.69. The number of aromatic nitrogens is 3. The van der Waals surface area contributed by atoms with Gasteiger partial charge in [0.25, 0.3) is 5.56 Å². The molecule has 0 aromatic carbocycles. The number of aryl methyl sites for hydroxylation is 1. The Bertz CT molecular complexity index is 1090. The summed E-state index contributed by atoms with van der Waals surface area (Å²) in [5.74, 6) is -0.617. The largest absolute Gasteiger partial charge is 0.465 e. The molecule has 1 N–H and O–H groups in total. The molecule has 2 aromatic rings. The molecule has 0 aliphatic carbocycles. The van der Waals surface area contributed by atoms with Gasteiger partial charge in [0.05, 0.1) is 12.9 Å². The van der Waals surface area contributed by atoms with Crippen LogP contribution >= 0.6 is 0 Å². The Morgan fingerprint density at radius 1 is 1.29 bits per heavy atom. The highest BCUT2D eigenvalue weighted by Gasteiger charge is 2.38. The molecule has 0 saturated carbocycles. The molecule has 0 bridgehead atoms. The van der Waals surface area contributed by atoms with Crippen molar-refractivity contribution in [2.75, 3.05) is 37.8 Å². The first-order valence-electron chi connectivity index (χ1n) is 10.0. The average Bonchev–Trinajstić information content (AvgIpc) is 3.16. The number of rotatable bonds is 8. The third-order valence-electron chi connectivity index (χ3n) is 5.32. The van der Waals surface area contributed by atoms with Crippen LogP contribution in [0.2, 0.25) is 0 Å². The van der Waals surface area contributed by atoms with E-state index in [1.807, 2.05) is 18.2 Å². The lowest BCUT2D eigenvalue weighted by Gasteiger charge is -2.19. The first-order chi connectivity index (χ1) is 14.7. The minimum atomic E-state index is -3.35. The number of pyridine rings is 1. The van der Waals surface area contributed by atoms with Gasteiger partial charge in [-0.1, -0.05) is 6.07 Å². The van der Waals surface area contributed by atoms with E-state index in [-0.39, 0.29) is 30.8 Å². The number of anilines is 1. The molecule has 1 aliphatic rings. The van der Waals surface area contributed by atoms with Gasteiger partial charge in [-0.25, -0.2) is 17.7 Å². The van der Waals surface area contributed by atoms with Crippen LogP contribution in [0, 0.1) is 12.8 Å². The molecule has 2 aromatic heterocycles. The first kappa shape index (κ1) is 22.9. The maximum Gasteiger partial charge on any atom is 0.326 e. The van der Waals surface area contributed by atoms with E-state index in [1.54, 1.807) is 20.0 Å². The van der Waals surface area contributed by atoms with Crippen LogP contribution in [0.1, 0.15) is 24.2 Å². The summed E-state index contributed by atoms with van der Waals surface area (Å²) in [6.45, 7) is 4.40. The molecule has 0 amide bonds. The number of nitrogens with one attached hydrogen (secondary N) is 1. The second kappa shape index (κ2) is 9.56. The number of esters is 1. The minimum absolute atomic E-state index is 0.104. The molecule has 11 heteroatoms. The fraction of sp³-hybridized carbons (Fsp3) is 0.500. The van der Waals surface area contributed by atoms with Crippen molar-refractivity contribution in [1.82, 2.24) is 18.8 Å². The van der Waals surface area contributed by atoms with Gasteiger partial charge in [-0.15, -0.1) is 0 Å². The third kappa shape index (κ3) is 5.47. The molecule has 31 heavy (non-hydrogen) atoms.